The van der Waals surface area contributed by atoms with E-state index in [0.29, 0.717) is 11.4 Å². The van der Waals surface area contributed by atoms with Gasteiger partial charge in [-0.25, -0.2) is 0 Å². The van der Waals surface area contributed by atoms with Crippen LogP contribution in [0.25, 0.3) is 21.9 Å². The molecule has 1 aliphatic rings. The van der Waals surface area contributed by atoms with Crippen molar-refractivity contribution in [1.29, 1.82) is 0 Å². The smallest absolute Gasteiger partial charge is 0.241 e. The fraction of sp³-hybridized carbons (Fsp3) is 0.409. The standard InChI is InChI=1S/C22H27N3O3/c1-4-24-9-11-25(12-10-24)15(2)22(26)23-18-14-20-17(13-21(18)27-3)16-7-5-6-8-19(16)28-20/h5-8,13-15H,4,9-12H2,1-3H3,(H,23,26)/t15-/m0/s1. The molecule has 6 nitrogen and oxygen atoms in total. The van der Waals surface area contributed by atoms with Crippen molar-refractivity contribution in [3.63, 3.8) is 0 Å². The molecule has 0 saturated carbocycles. The van der Waals surface area contributed by atoms with Crippen LogP contribution >= 0.6 is 0 Å². The Bertz CT molecular complexity index is 989. The molecule has 4 rings (SSSR count). The zero-order chi connectivity index (χ0) is 19.7. The number of carbonyl (C=O) groups is 1. The van der Waals surface area contributed by atoms with Gasteiger partial charge in [-0.1, -0.05) is 25.1 Å². The van der Waals surface area contributed by atoms with Gasteiger partial charge in [-0.3, -0.25) is 9.69 Å². The number of ether oxygens (including phenoxy) is 1. The highest BCUT2D eigenvalue weighted by Gasteiger charge is 2.26. The number of nitrogens with one attached hydrogen (secondary N) is 1. The van der Waals surface area contributed by atoms with Crippen molar-refractivity contribution in [2.24, 2.45) is 0 Å². The highest BCUT2D eigenvalue weighted by Crippen LogP contribution is 2.36. The lowest BCUT2D eigenvalue weighted by Gasteiger charge is -2.36. The summed E-state index contributed by atoms with van der Waals surface area (Å²) in [5.74, 6) is 0.606. The minimum absolute atomic E-state index is 0.0290. The van der Waals surface area contributed by atoms with Gasteiger partial charge in [0.25, 0.3) is 0 Å². The highest BCUT2D eigenvalue weighted by molar-refractivity contribution is 6.08. The molecule has 0 radical (unpaired) electrons. The van der Waals surface area contributed by atoms with Crippen LogP contribution in [-0.4, -0.2) is 61.6 Å². The number of rotatable bonds is 5. The number of hydrogen-bond acceptors (Lipinski definition) is 5. The number of hydrogen-bond donors (Lipinski definition) is 1. The largest absolute Gasteiger partial charge is 0.495 e. The maximum Gasteiger partial charge on any atom is 0.241 e. The molecule has 28 heavy (non-hydrogen) atoms. The summed E-state index contributed by atoms with van der Waals surface area (Å²) in [4.78, 5) is 17.5. The number of carbonyl (C=O) groups excluding carboxylic acids is 1. The Balaban J connectivity index is 1.56. The third kappa shape index (κ3) is 3.45. The summed E-state index contributed by atoms with van der Waals surface area (Å²) in [7, 11) is 1.62. The van der Waals surface area contributed by atoms with E-state index >= 15 is 0 Å². The van der Waals surface area contributed by atoms with E-state index in [2.05, 4.69) is 22.0 Å². The molecule has 1 amide bonds. The molecule has 0 bridgehead atoms. The van der Waals surface area contributed by atoms with E-state index in [0.717, 1.165) is 54.7 Å². The topological polar surface area (TPSA) is 58.0 Å². The lowest BCUT2D eigenvalue weighted by atomic mass is 10.1. The average Bonchev–Trinajstić information content (AvgIpc) is 3.10. The fourth-order valence-electron chi connectivity index (χ4n) is 3.89. The van der Waals surface area contributed by atoms with Crippen LogP contribution < -0.4 is 10.1 Å². The van der Waals surface area contributed by atoms with E-state index in [4.69, 9.17) is 9.15 Å². The Kier molecular flexibility index (Phi) is 5.24. The maximum absolute atomic E-state index is 12.9. The number of benzene rings is 2. The third-order valence-electron chi connectivity index (χ3n) is 5.74. The molecule has 1 fully saturated rings. The third-order valence-corrected chi connectivity index (χ3v) is 5.74. The lowest BCUT2D eigenvalue weighted by molar-refractivity contribution is -0.121. The number of piperazine rings is 1. The zero-order valence-corrected chi connectivity index (χ0v) is 16.7. The van der Waals surface area contributed by atoms with Crippen LogP contribution in [0.3, 0.4) is 0 Å². The summed E-state index contributed by atoms with van der Waals surface area (Å²) >= 11 is 0. The molecule has 148 valence electrons. The lowest BCUT2D eigenvalue weighted by Crippen LogP contribution is -2.52. The fourth-order valence-corrected chi connectivity index (χ4v) is 3.89. The minimum atomic E-state index is -0.199. The van der Waals surface area contributed by atoms with E-state index in [1.54, 1.807) is 7.11 Å². The first kappa shape index (κ1) is 18.8. The molecule has 1 aliphatic heterocycles. The van der Waals surface area contributed by atoms with Gasteiger partial charge in [0, 0.05) is 43.0 Å². The van der Waals surface area contributed by atoms with Crippen molar-refractivity contribution >= 4 is 33.5 Å². The van der Waals surface area contributed by atoms with Gasteiger partial charge in [0.05, 0.1) is 18.8 Å². The number of methoxy groups -OCH3 is 1. The summed E-state index contributed by atoms with van der Waals surface area (Å²) < 4.78 is 11.5. The SMILES string of the molecule is CCN1CCN([C@@H](C)C(=O)Nc2cc3oc4ccccc4c3cc2OC)CC1. The number of furan rings is 1. The number of amides is 1. The van der Waals surface area contributed by atoms with Crippen molar-refractivity contribution in [2.75, 3.05) is 45.2 Å². The molecule has 0 aliphatic carbocycles. The zero-order valence-electron chi connectivity index (χ0n) is 16.7. The molecule has 1 saturated heterocycles. The van der Waals surface area contributed by atoms with Crippen molar-refractivity contribution in [2.45, 2.75) is 19.9 Å². The second-order valence-electron chi connectivity index (χ2n) is 7.28. The van der Waals surface area contributed by atoms with E-state index in [1.807, 2.05) is 43.3 Å². The first-order valence-corrected chi connectivity index (χ1v) is 9.87. The van der Waals surface area contributed by atoms with Gasteiger partial charge in [-0.05, 0) is 25.6 Å². The Morgan fingerprint density at radius 2 is 1.89 bits per heavy atom. The van der Waals surface area contributed by atoms with Gasteiger partial charge >= 0.3 is 0 Å². The van der Waals surface area contributed by atoms with Gasteiger partial charge < -0.3 is 19.4 Å². The monoisotopic (exact) mass is 381 g/mol. The summed E-state index contributed by atoms with van der Waals surface area (Å²) in [6.07, 6.45) is 0. The molecular formula is C22H27N3O3. The average molecular weight is 381 g/mol. The first-order valence-electron chi connectivity index (χ1n) is 9.87. The number of fused-ring (bicyclic) bond motifs is 3. The Hall–Kier alpha value is -2.57. The number of nitrogens with zero attached hydrogens (tertiary/aromatic N) is 2. The summed E-state index contributed by atoms with van der Waals surface area (Å²) in [5, 5.41) is 5.06. The maximum atomic E-state index is 12.9. The number of para-hydroxylation sites is 1. The Labute approximate surface area is 165 Å². The number of anilines is 1. The predicted octanol–water partition coefficient (Wildman–Crippen LogP) is 3.56. The van der Waals surface area contributed by atoms with Gasteiger partial charge in [0.1, 0.15) is 16.9 Å². The molecular weight excluding hydrogens is 354 g/mol. The molecule has 0 spiro atoms. The van der Waals surface area contributed by atoms with Crippen molar-refractivity contribution < 1.29 is 13.9 Å². The van der Waals surface area contributed by atoms with Crippen LogP contribution in [0.1, 0.15) is 13.8 Å². The second-order valence-corrected chi connectivity index (χ2v) is 7.28. The van der Waals surface area contributed by atoms with E-state index in [1.165, 1.54) is 0 Å². The van der Waals surface area contributed by atoms with Crippen molar-refractivity contribution in [1.82, 2.24) is 9.80 Å². The van der Waals surface area contributed by atoms with Gasteiger partial charge in [0.15, 0.2) is 0 Å². The van der Waals surface area contributed by atoms with E-state index in [9.17, 15) is 4.79 Å². The molecule has 1 N–H and O–H groups in total. The summed E-state index contributed by atoms with van der Waals surface area (Å²) in [5.41, 5.74) is 2.20. The quantitative estimate of drug-likeness (QED) is 0.732. The van der Waals surface area contributed by atoms with Crippen LogP contribution in [0.15, 0.2) is 40.8 Å². The molecule has 2 heterocycles. The van der Waals surface area contributed by atoms with Gasteiger partial charge in [-0.15, -0.1) is 0 Å². The summed E-state index contributed by atoms with van der Waals surface area (Å²) in [6.45, 7) is 9.01. The molecule has 1 atom stereocenters. The molecule has 2 aromatic carbocycles. The molecule has 1 aromatic heterocycles. The van der Waals surface area contributed by atoms with Gasteiger partial charge in [-0.2, -0.15) is 0 Å². The van der Waals surface area contributed by atoms with Crippen LogP contribution in [0, 0.1) is 0 Å². The molecule has 6 heteroatoms. The molecule has 0 unspecified atom stereocenters. The van der Waals surface area contributed by atoms with Gasteiger partial charge in [0.2, 0.25) is 5.91 Å². The highest BCUT2D eigenvalue weighted by atomic mass is 16.5. The Morgan fingerprint density at radius 1 is 1.14 bits per heavy atom. The first-order chi connectivity index (χ1) is 13.6. The van der Waals surface area contributed by atoms with E-state index in [-0.39, 0.29) is 11.9 Å². The number of likely N-dealkylation sites (N-methyl/N-ethyl adjacent to an activating group) is 1. The van der Waals surface area contributed by atoms with E-state index < -0.39 is 0 Å². The molecule has 3 aromatic rings. The van der Waals surface area contributed by atoms with Crippen LogP contribution in [-0.2, 0) is 4.79 Å². The minimum Gasteiger partial charge on any atom is -0.495 e. The van der Waals surface area contributed by atoms with Crippen LogP contribution in [0.2, 0.25) is 0 Å². The normalized spacial score (nSPS) is 17.1. The van der Waals surface area contributed by atoms with Crippen molar-refractivity contribution in [3.8, 4) is 5.75 Å². The second kappa shape index (κ2) is 7.81. The Morgan fingerprint density at radius 3 is 2.61 bits per heavy atom. The van der Waals surface area contributed by atoms with Crippen LogP contribution in [0.5, 0.6) is 5.75 Å². The summed E-state index contributed by atoms with van der Waals surface area (Å²) in [6, 6.07) is 11.5. The predicted molar refractivity (Wildman–Crippen MR) is 112 cm³/mol. The van der Waals surface area contributed by atoms with Crippen LogP contribution in [0.4, 0.5) is 5.69 Å². The van der Waals surface area contributed by atoms with Crippen molar-refractivity contribution in [3.05, 3.63) is 36.4 Å².